The fraction of sp³-hybridized carbons (Fsp3) is 0.105. The van der Waals surface area contributed by atoms with Crippen molar-refractivity contribution in [3.8, 4) is 11.4 Å². The molecule has 2 aromatic carbocycles. The molecule has 0 saturated carbocycles. The molecule has 7 nitrogen and oxygen atoms in total. The minimum Gasteiger partial charge on any atom is -0.338 e. The molecule has 4 rings (SSSR count). The number of rotatable bonds is 6. The van der Waals surface area contributed by atoms with Gasteiger partial charge >= 0.3 is 0 Å². The van der Waals surface area contributed by atoms with Crippen LogP contribution in [-0.4, -0.2) is 26.2 Å². The van der Waals surface area contributed by atoms with Gasteiger partial charge in [0.1, 0.15) is 0 Å². The number of carbonyl (C=O) groups excluding carboxylic acids is 1. The molecule has 0 bridgehead atoms. The molecule has 0 fully saturated rings. The summed E-state index contributed by atoms with van der Waals surface area (Å²) in [6.45, 7) is 2.03. The quantitative estimate of drug-likeness (QED) is 0.372. The van der Waals surface area contributed by atoms with Gasteiger partial charge in [0.25, 0.3) is 5.91 Å². The molecule has 2 heterocycles. The molecule has 0 aliphatic heterocycles. The van der Waals surface area contributed by atoms with Crippen molar-refractivity contribution >= 4 is 34.1 Å². The minimum atomic E-state index is -0.215. The predicted molar refractivity (Wildman–Crippen MR) is 108 cm³/mol. The van der Waals surface area contributed by atoms with Gasteiger partial charge in [0.2, 0.25) is 16.8 Å². The van der Waals surface area contributed by atoms with Crippen molar-refractivity contribution < 1.29 is 9.32 Å². The largest absolute Gasteiger partial charge is 0.338 e. The Morgan fingerprint density at radius 1 is 1.11 bits per heavy atom. The fourth-order valence-electron chi connectivity index (χ4n) is 2.33. The summed E-state index contributed by atoms with van der Waals surface area (Å²) in [4.78, 5) is 16.6. The maximum Gasteiger partial charge on any atom is 0.257 e. The summed E-state index contributed by atoms with van der Waals surface area (Å²) in [5.41, 5.74) is 2.66. The van der Waals surface area contributed by atoms with Crippen molar-refractivity contribution in [2.75, 3.05) is 5.32 Å². The van der Waals surface area contributed by atoms with E-state index in [1.165, 1.54) is 28.7 Å². The highest BCUT2D eigenvalue weighted by molar-refractivity contribution is 8.00. The van der Waals surface area contributed by atoms with E-state index in [1.807, 2.05) is 49.4 Å². The van der Waals surface area contributed by atoms with Crippen LogP contribution in [0.15, 0.2) is 63.5 Å². The Balaban J connectivity index is 1.35. The zero-order chi connectivity index (χ0) is 19.3. The number of aryl methyl sites for hydroxylation is 1. The molecule has 0 aliphatic rings. The van der Waals surface area contributed by atoms with Gasteiger partial charge in [-0.15, -0.1) is 10.2 Å². The number of aromatic nitrogens is 4. The van der Waals surface area contributed by atoms with Crippen molar-refractivity contribution in [1.29, 1.82) is 0 Å². The number of benzene rings is 2. The zero-order valence-electron chi connectivity index (χ0n) is 14.8. The first kappa shape index (κ1) is 18.3. The number of carbonyl (C=O) groups is 1. The van der Waals surface area contributed by atoms with Gasteiger partial charge < -0.3 is 4.52 Å². The van der Waals surface area contributed by atoms with Crippen LogP contribution in [0.1, 0.15) is 21.8 Å². The molecular weight excluding hydrogens is 394 g/mol. The number of hydrogen-bond acceptors (Lipinski definition) is 8. The third kappa shape index (κ3) is 4.44. The van der Waals surface area contributed by atoms with Crippen LogP contribution >= 0.6 is 23.1 Å². The summed E-state index contributed by atoms with van der Waals surface area (Å²) >= 11 is 2.72. The second kappa shape index (κ2) is 8.32. The molecule has 1 amide bonds. The first-order valence-corrected chi connectivity index (χ1v) is 10.2. The minimum absolute atomic E-state index is 0.215. The van der Waals surface area contributed by atoms with Gasteiger partial charge in [-0.2, -0.15) is 4.98 Å². The molecule has 1 N–H and O–H groups in total. The summed E-state index contributed by atoms with van der Waals surface area (Å²) in [6, 6.07) is 16.9. The molecule has 28 heavy (non-hydrogen) atoms. The summed E-state index contributed by atoms with van der Waals surface area (Å²) in [5.74, 6) is 1.32. The van der Waals surface area contributed by atoms with E-state index in [9.17, 15) is 4.79 Å². The Labute approximate surface area is 169 Å². The lowest BCUT2D eigenvalue weighted by Gasteiger charge is -1.99. The molecule has 140 valence electrons. The predicted octanol–water partition coefficient (Wildman–Crippen LogP) is 4.44. The monoisotopic (exact) mass is 409 g/mol. The van der Waals surface area contributed by atoms with Crippen molar-refractivity contribution in [2.24, 2.45) is 0 Å². The van der Waals surface area contributed by atoms with E-state index < -0.39 is 0 Å². The van der Waals surface area contributed by atoms with Gasteiger partial charge in [0.15, 0.2) is 4.34 Å². The van der Waals surface area contributed by atoms with Gasteiger partial charge in [0, 0.05) is 11.1 Å². The van der Waals surface area contributed by atoms with Gasteiger partial charge in [-0.3, -0.25) is 10.1 Å². The van der Waals surface area contributed by atoms with E-state index in [1.54, 1.807) is 12.1 Å². The SMILES string of the molecule is Cc1ccc(-c2noc(CSc3nnc(NC(=O)c4ccccc4)s3)n2)cc1. The standard InChI is InChI=1S/C19H15N5O2S2/c1-12-7-9-13(10-8-12)16-20-15(26-24-16)11-27-19-23-22-18(28-19)21-17(25)14-5-3-2-4-6-14/h2-10H,11H2,1H3,(H,21,22,25). The van der Waals surface area contributed by atoms with E-state index in [0.29, 0.717) is 32.5 Å². The first-order valence-electron chi connectivity index (χ1n) is 8.40. The smallest absolute Gasteiger partial charge is 0.257 e. The topological polar surface area (TPSA) is 93.8 Å². The summed E-state index contributed by atoms with van der Waals surface area (Å²) in [5, 5.41) is 15.3. The Morgan fingerprint density at radius 3 is 2.68 bits per heavy atom. The third-order valence-corrected chi connectivity index (χ3v) is 5.72. The van der Waals surface area contributed by atoms with Crippen molar-refractivity contribution in [3.63, 3.8) is 0 Å². The Bertz CT molecular complexity index is 1080. The van der Waals surface area contributed by atoms with Crippen molar-refractivity contribution in [2.45, 2.75) is 17.0 Å². The molecule has 4 aromatic rings. The van der Waals surface area contributed by atoms with E-state index in [-0.39, 0.29) is 5.91 Å². The van der Waals surface area contributed by atoms with Crippen molar-refractivity contribution in [3.05, 3.63) is 71.6 Å². The molecule has 0 aliphatic carbocycles. The van der Waals surface area contributed by atoms with Gasteiger partial charge in [0.05, 0.1) is 5.75 Å². The summed E-state index contributed by atoms with van der Waals surface area (Å²) < 4.78 is 6.01. The highest BCUT2D eigenvalue weighted by atomic mass is 32.2. The molecule has 0 radical (unpaired) electrons. The van der Waals surface area contributed by atoms with Gasteiger partial charge in [-0.25, -0.2) is 0 Å². The van der Waals surface area contributed by atoms with E-state index in [0.717, 1.165) is 5.56 Å². The second-order valence-corrected chi connectivity index (χ2v) is 8.06. The number of amides is 1. The van der Waals surface area contributed by atoms with Crippen LogP contribution < -0.4 is 5.32 Å². The summed E-state index contributed by atoms with van der Waals surface area (Å²) in [7, 11) is 0. The molecule has 2 aromatic heterocycles. The average Bonchev–Trinajstić information content (AvgIpc) is 3.37. The molecule has 0 spiro atoms. The van der Waals surface area contributed by atoms with Gasteiger partial charge in [-0.1, -0.05) is 76.3 Å². The lowest BCUT2D eigenvalue weighted by atomic mass is 10.1. The molecular formula is C19H15N5O2S2. The number of hydrogen-bond donors (Lipinski definition) is 1. The van der Waals surface area contributed by atoms with E-state index in [2.05, 4.69) is 25.7 Å². The Hall–Kier alpha value is -3.04. The number of nitrogens with zero attached hydrogens (tertiary/aromatic N) is 4. The molecule has 0 unspecified atom stereocenters. The average molecular weight is 409 g/mol. The summed E-state index contributed by atoms with van der Waals surface area (Å²) in [6.07, 6.45) is 0. The van der Waals surface area contributed by atoms with E-state index >= 15 is 0 Å². The number of anilines is 1. The Kier molecular flexibility index (Phi) is 5.45. The Morgan fingerprint density at radius 2 is 1.89 bits per heavy atom. The van der Waals surface area contributed by atoms with Crippen LogP contribution in [0.4, 0.5) is 5.13 Å². The van der Waals surface area contributed by atoms with Crippen molar-refractivity contribution in [1.82, 2.24) is 20.3 Å². The van der Waals surface area contributed by atoms with Crippen LogP contribution in [0.25, 0.3) is 11.4 Å². The molecule has 0 atom stereocenters. The van der Waals surface area contributed by atoms with Crippen LogP contribution in [-0.2, 0) is 5.75 Å². The third-order valence-electron chi connectivity index (χ3n) is 3.76. The number of nitrogens with one attached hydrogen (secondary N) is 1. The fourth-order valence-corrected chi connectivity index (χ4v) is 3.92. The van der Waals surface area contributed by atoms with Crippen LogP contribution in [0, 0.1) is 6.92 Å². The van der Waals surface area contributed by atoms with Crippen LogP contribution in [0.2, 0.25) is 0 Å². The van der Waals surface area contributed by atoms with Crippen LogP contribution in [0.3, 0.4) is 0 Å². The maximum atomic E-state index is 12.1. The highest BCUT2D eigenvalue weighted by Crippen LogP contribution is 2.28. The van der Waals surface area contributed by atoms with Gasteiger partial charge in [-0.05, 0) is 19.1 Å². The normalized spacial score (nSPS) is 10.8. The maximum absolute atomic E-state index is 12.1. The van der Waals surface area contributed by atoms with E-state index in [4.69, 9.17) is 4.52 Å². The first-order chi connectivity index (χ1) is 13.7. The lowest BCUT2D eigenvalue weighted by molar-refractivity contribution is 0.102. The van der Waals surface area contributed by atoms with Crippen LogP contribution in [0.5, 0.6) is 0 Å². The highest BCUT2D eigenvalue weighted by Gasteiger charge is 2.13. The zero-order valence-corrected chi connectivity index (χ0v) is 16.5. The molecule has 9 heteroatoms. The molecule has 0 saturated heterocycles. The number of thioether (sulfide) groups is 1. The second-order valence-electron chi connectivity index (χ2n) is 5.86. The lowest BCUT2D eigenvalue weighted by Crippen LogP contribution is -2.11.